The van der Waals surface area contributed by atoms with E-state index in [9.17, 15) is 4.79 Å². The summed E-state index contributed by atoms with van der Waals surface area (Å²) in [6, 6.07) is 7.79. The highest BCUT2D eigenvalue weighted by atomic mass is 16.5. The minimum Gasteiger partial charge on any atom is -0.491 e. The van der Waals surface area contributed by atoms with Crippen molar-refractivity contribution in [2.24, 2.45) is 5.41 Å². The number of para-hydroxylation sites is 2. The summed E-state index contributed by atoms with van der Waals surface area (Å²) < 4.78 is 5.73. The summed E-state index contributed by atoms with van der Waals surface area (Å²) in [5.41, 5.74) is 0.531. The Morgan fingerprint density at radius 2 is 1.94 bits per heavy atom. The fourth-order valence-corrected chi connectivity index (χ4v) is 2.09. The summed E-state index contributed by atoms with van der Waals surface area (Å²) >= 11 is 0. The SMILES string of the molecule is CC(C)(C)C(=O)N1CCCCOc2ccccc21. The van der Waals surface area contributed by atoms with Gasteiger partial charge in [-0.25, -0.2) is 0 Å². The molecule has 1 aliphatic heterocycles. The van der Waals surface area contributed by atoms with Gasteiger partial charge in [0.15, 0.2) is 0 Å². The Labute approximate surface area is 109 Å². The molecular formula is C15H21NO2. The summed E-state index contributed by atoms with van der Waals surface area (Å²) in [5, 5.41) is 0. The highest BCUT2D eigenvalue weighted by Crippen LogP contribution is 2.33. The van der Waals surface area contributed by atoms with Gasteiger partial charge in [-0.1, -0.05) is 32.9 Å². The quantitative estimate of drug-likeness (QED) is 0.704. The summed E-state index contributed by atoms with van der Waals surface area (Å²) in [6.45, 7) is 7.37. The van der Waals surface area contributed by atoms with Gasteiger partial charge in [-0.05, 0) is 25.0 Å². The van der Waals surface area contributed by atoms with Gasteiger partial charge in [-0.15, -0.1) is 0 Å². The van der Waals surface area contributed by atoms with Gasteiger partial charge in [0.2, 0.25) is 5.91 Å². The van der Waals surface area contributed by atoms with Crippen LogP contribution in [0.2, 0.25) is 0 Å². The molecule has 3 nitrogen and oxygen atoms in total. The Morgan fingerprint density at radius 3 is 2.67 bits per heavy atom. The van der Waals surface area contributed by atoms with Gasteiger partial charge in [0, 0.05) is 12.0 Å². The molecule has 0 fully saturated rings. The number of hydrogen-bond donors (Lipinski definition) is 0. The van der Waals surface area contributed by atoms with Crippen LogP contribution in [0.1, 0.15) is 33.6 Å². The van der Waals surface area contributed by atoms with E-state index in [2.05, 4.69) is 0 Å². The normalized spacial score (nSPS) is 16.3. The molecule has 1 aromatic carbocycles. The van der Waals surface area contributed by atoms with E-state index in [0.717, 1.165) is 37.4 Å². The van der Waals surface area contributed by atoms with Crippen molar-refractivity contribution < 1.29 is 9.53 Å². The number of nitrogens with zero attached hydrogens (tertiary/aromatic N) is 1. The molecule has 0 aliphatic carbocycles. The molecule has 18 heavy (non-hydrogen) atoms. The minimum atomic E-state index is -0.369. The fraction of sp³-hybridized carbons (Fsp3) is 0.533. The zero-order chi connectivity index (χ0) is 13.2. The molecule has 3 heteroatoms. The maximum absolute atomic E-state index is 12.5. The van der Waals surface area contributed by atoms with E-state index in [1.54, 1.807) is 0 Å². The number of anilines is 1. The average molecular weight is 247 g/mol. The smallest absolute Gasteiger partial charge is 0.232 e. The number of fused-ring (bicyclic) bond motifs is 1. The van der Waals surface area contributed by atoms with E-state index >= 15 is 0 Å². The lowest BCUT2D eigenvalue weighted by molar-refractivity contribution is -0.125. The van der Waals surface area contributed by atoms with E-state index in [1.165, 1.54) is 0 Å². The van der Waals surface area contributed by atoms with Crippen molar-refractivity contribution in [3.63, 3.8) is 0 Å². The third-order valence-electron chi connectivity index (χ3n) is 3.08. The largest absolute Gasteiger partial charge is 0.491 e. The number of hydrogen-bond acceptors (Lipinski definition) is 2. The van der Waals surface area contributed by atoms with Gasteiger partial charge in [0.1, 0.15) is 5.75 Å². The molecule has 0 bridgehead atoms. The van der Waals surface area contributed by atoms with E-state index in [4.69, 9.17) is 4.74 Å². The van der Waals surface area contributed by atoms with E-state index in [-0.39, 0.29) is 11.3 Å². The Bertz CT molecular complexity index is 434. The van der Waals surface area contributed by atoms with Crippen LogP contribution in [0.3, 0.4) is 0 Å². The Hall–Kier alpha value is -1.51. The first-order chi connectivity index (χ1) is 8.50. The molecule has 1 amide bonds. The summed E-state index contributed by atoms with van der Waals surface area (Å²) in [7, 11) is 0. The summed E-state index contributed by atoms with van der Waals surface area (Å²) in [4.78, 5) is 14.4. The van der Waals surface area contributed by atoms with Gasteiger partial charge in [0.05, 0.1) is 12.3 Å². The molecule has 0 N–H and O–H groups in total. The van der Waals surface area contributed by atoms with Gasteiger partial charge in [-0.3, -0.25) is 4.79 Å². The molecule has 0 aromatic heterocycles. The zero-order valence-corrected chi connectivity index (χ0v) is 11.4. The van der Waals surface area contributed by atoms with E-state index < -0.39 is 0 Å². The summed E-state index contributed by atoms with van der Waals surface area (Å²) in [5.74, 6) is 0.968. The van der Waals surface area contributed by atoms with Crippen LogP contribution in [0, 0.1) is 5.41 Å². The average Bonchev–Trinajstić information content (AvgIpc) is 2.28. The molecular weight excluding hydrogens is 226 g/mol. The molecule has 0 saturated carbocycles. The molecule has 0 radical (unpaired) electrons. The maximum atomic E-state index is 12.5. The lowest BCUT2D eigenvalue weighted by atomic mass is 9.94. The van der Waals surface area contributed by atoms with E-state index in [1.807, 2.05) is 49.9 Å². The number of rotatable bonds is 0. The van der Waals surface area contributed by atoms with Gasteiger partial charge < -0.3 is 9.64 Å². The Morgan fingerprint density at radius 1 is 1.22 bits per heavy atom. The third-order valence-corrected chi connectivity index (χ3v) is 3.08. The predicted molar refractivity (Wildman–Crippen MR) is 73.0 cm³/mol. The highest BCUT2D eigenvalue weighted by Gasteiger charge is 2.30. The number of carbonyl (C=O) groups is 1. The first kappa shape index (κ1) is 12.9. The molecule has 1 aromatic rings. The first-order valence-electron chi connectivity index (χ1n) is 6.54. The van der Waals surface area contributed by atoms with Crippen molar-refractivity contribution in [3.8, 4) is 5.75 Å². The highest BCUT2D eigenvalue weighted by molar-refractivity contribution is 5.98. The Balaban J connectivity index is 2.38. The Kier molecular flexibility index (Phi) is 3.60. The van der Waals surface area contributed by atoms with Crippen LogP contribution < -0.4 is 9.64 Å². The van der Waals surface area contributed by atoms with E-state index in [0.29, 0.717) is 0 Å². The number of carbonyl (C=O) groups excluding carboxylic acids is 1. The second-order valence-corrected chi connectivity index (χ2v) is 5.73. The zero-order valence-electron chi connectivity index (χ0n) is 11.4. The van der Waals surface area contributed by atoms with Crippen molar-refractivity contribution in [2.75, 3.05) is 18.1 Å². The number of ether oxygens (including phenoxy) is 1. The van der Waals surface area contributed by atoms with Crippen molar-refractivity contribution >= 4 is 11.6 Å². The molecule has 0 atom stereocenters. The third kappa shape index (κ3) is 2.66. The van der Waals surface area contributed by atoms with Crippen LogP contribution in [0.5, 0.6) is 5.75 Å². The summed E-state index contributed by atoms with van der Waals surface area (Å²) in [6.07, 6.45) is 1.97. The van der Waals surface area contributed by atoms with Crippen LogP contribution in [0.25, 0.3) is 0 Å². The number of benzene rings is 1. The van der Waals surface area contributed by atoms with Crippen LogP contribution in [-0.2, 0) is 4.79 Å². The fourth-order valence-electron chi connectivity index (χ4n) is 2.09. The second-order valence-electron chi connectivity index (χ2n) is 5.73. The topological polar surface area (TPSA) is 29.5 Å². The van der Waals surface area contributed by atoms with Crippen LogP contribution in [-0.4, -0.2) is 19.1 Å². The molecule has 0 unspecified atom stereocenters. The monoisotopic (exact) mass is 247 g/mol. The van der Waals surface area contributed by atoms with Crippen LogP contribution in [0.15, 0.2) is 24.3 Å². The van der Waals surface area contributed by atoms with Crippen LogP contribution >= 0.6 is 0 Å². The van der Waals surface area contributed by atoms with Gasteiger partial charge in [0.25, 0.3) is 0 Å². The molecule has 2 rings (SSSR count). The van der Waals surface area contributed by atoms with Crippen molar-refractivity contribution in [3.05, 3.63) is 24.3 Å². The predicted octanol–water partition coefficient (Wildman–Crippen LogP) is 3.24. The van der Waals surface area contributed by atoms with Crippen molar-refractivity contribution in [2.45, 2.75) is 33.6 Å². The first-order valence-corrected chi connectivity index (χ1v) is 6.54. The molecule has 0 saturated heterocycles. The molecule has 1 aliphatic rings. The molecule has 1 heterocycles. The standard InChI is InChI=1S/C15H21NO2/c1-15(2,3)14(17)16-10-6-7-11-18-13-9-5-4-8-12(13)16/h4-5,8-9H,6-7,10-11H2,1-3H3. The van der Waals surface area contributed by atoms with Crippen molar-refractivity contribution in [1.82, 2.24) is 0 Å². The second kappa shape index (κ2) is 5.01. The number of amides is 1. The molecule has 98 valence electrons. The van der Waals surface area contributed by atoms with Crippen LogP contribution in [0.4, 0.5) is 5.69 Å². The lowest BCUT2D eigenvalue weighted by Crippen LogP contribution is -2.41. The van der Waals surface area contributed by atoms with Gasteiger partial charge in [-0.2, -0.15) is 0 Å². The minimum absolute atomic E-state index is 0.153. The lowest BCUT2D eigenvalue weighted by Gasteiger charge is -2.32. The molecule has 0 spiro atoms. The maximum Gasteiger partial charge on any atom is 0.232 e. The van der Waals surface area contributed by atoms with Gasteiger partial charge >= 0.3 is 0 Å². The van der Waals surface area contributed by atoms with Crippen molar-refractivity contribution in [1.29, 1.82) is 0 Å².